The summed E-state index contributed by atoms with van der Waals surface area (Å²) in [5, 5.41) is 3.07. The maximum Gasteiger partial charge on any atom is 0.418 e. The van der Waals surface area contributed by atoms with E-state index in [-0.39, 0.29) is 53.5 Å². The predicted molar refractivity (Wildman–Crippen MR) is 128 cm³/mol. The number of imidazole rings is 1. The third kappa shape index (κ3) is 4.95. The number of amides is 1. The van der Waals surface area contributed by atoms with Gasteiger partial charge in [0.1, 0.15) is 11.3 Å². The average molecular weight is 516 g/mol. The van der Waals surface area contributed by atoms with Crippen LogP contribution in [0.5, 0.6) is 0 Å². The number of aromatic amines is 1. The van der Waals surface area contributed by atoms with E-state index < -0.39 is 11.7 Å². The first-order chi connectivity index (χ1) is 17.8. The molecule has 1 amide bonds. The summed E-state index contributed by atoms with van der Waals surface area (Å²) in [5.74, 6) is -0.124. The van der Waals surface area contributed by atoms with Crippen molar-refractivity contribution < 1.29 is 27.4 Å². The number of aryl methyl sites for hydroxylation is 1. The number of hydrogen-bond donors (Lipinski definition) is 2. The number of nitrogens with zero attached hydrogens (tertiary/aromatic N) is 3. The number of fused-ring (bicyclic) bond motifs is 2. The highest BCUT2D eigenvalue weighted by Crippen LogP contribution is 2.36. The first kappa shape index (κ1) is 24.3. The van der Waals surface area contributed by atoms with E-state index in [0.717, 1.165) is 37.5 Å². The Labute approximate surface area is 211 Å². The molecular weight excluding hydrogens is 487 g/mol. The SMILES string of the molecule is O=C(Cc1nc2c(C(F)(F)F)cccc2[nH]1)NC1CN(C2CCOC2)CC1OC1CCc2ccncc21. The lowest BCUT2D eigenvalue weighted by Gasteiger charge is -2.24. The molecule has 196 valence electrons. The number of aromatic nitrogens is 3. The second kappa shape index (κ2) is 9.70. The van der Waals surface area contributed by atoms with Crippen molar-refractivity contribution in [1.29, 1.82) is 0 Å². The zero-order chi connectivity index (χ0) is 25.6. The standard InChI is InChI=1S/C26H28F3N5O3/c27-26(28,29)18-2-1-3-19-25(18)33-23(31-19)10-24(35)32-20-12-34(16-7-9-36-14-16)13-22(20)37-21-5-4-15-6-8-30-11-17(15)21/h1-3,6,8,11,16,20-22H,4-5,7,9-10,12-14H2,(H,31,33)(H,32,35). The second-order valence-electron chi connectivity index (χ2n) is 9.98. The summed E-state index contributed by atoms with van der Waals surface area (Å²) in [6.07, 6.45) is 1.39. The average Bonchev–Trinajstić information content (AvgIpc) is 3.65. The van der Waals surface area contributed by atoms with Gasteiger partial charge in [-0.1, -0.05) is 6.07 Å². The number of pyridine rings is 1. The van der Waals surface area contributed by atoms with Gasteiger partial charge >= 0.3 is 6.18 Å². The molecule has 11 heteroatoms. The van der Waals surface area contributed by atoms with Crippen molar-refractivity contribution in [3.05, 3.63) is 59.2 Å². The number of benzene rings is 1. The zero-order valence-electron chi connectivity index (χ0n) is 20.1. The van der Waals surface area contributed by atoms with Gasteiger partial charge in [-0.3, -0.25) is 14.7 Å². The Morgan fingerprint density at radius 2 is 2.14 bits per heavy atom. The molecule has 8 nitrogen and oxygen atoms in total. The third-order valence-electron chi connectivity index (χ3n) is 7.57. The Morgan fingerprint density at radius 3 is 2.95 bits per heavy atom. The molecule has 37 heavy (non-hydrogen) atoms. The van der Waals surface area contributed by atoms with Crippen molar-refractivity contribution in [3.8, 4) is 0 Å². The van der Waals surface area contributed by atoms with E-state index in [9.17, 15) is 18.0 Å². The Balaban J connectivity index is 1.17. The van der Waals surface area contributed by atoms with Crippen LogP contribution < -0.4 is 5.32 Å². The Hall–Kier alpha value is -3.02. The maximum absolute atomic E-state index is 13.4. The molecule has 4 heterocycles. The van der Waals surface area contributed by atoms with Crippen LogP contribution in [-0.4, -0.2) is 70.2 Å². The summed E-state index contributed by atoms with van der Waals surface area (Å²) in [7, 11) is 0. The minimum Gasteiger partial charge on any atom is -0.380 e. The van der Waals surface area contributed by atoms with Crippen LogP contribution in [0.4, 0.5) is 13.2 Å². The molecule has 0 bridgehead atoms. The van der Waals surface area contributed by atoms with E-state index >= 15 is 0 Å². The maximum atomic E-state index is 13.4. The zero-order valence-corrected chi connectivity index (χ0v) is 20.1. The minimum atomic E-state index is -4.52. The highest BCUT2D eigenvalue weighted by molar-refractivity contribution is 5.82. The van der Waals surface area contributed by atoms with Gasteiger partial charge in [0.25, 0.3) is 0 Å². The first-order valence-corrected chi connectivity index (χ1v) is 12.6. The fourth-order valence-corrected chi connectivity index (χ4v) is 5.74. The summed E-state index contributed by atoms with van der Waals surface area (Å²) in [4.78, 5) is 26.6. The first-order valence-electron chi connectivity index (χ1n) is 12.6. The van der Waals surface area contributed by atoms with Gasteiger partial charge < -0.3 is 19.8 Å². The van der Waals surface area contributed by atoms with Gasteiger partial charge in [0.2, 0.25) is 5.91 Å². The molecule has 3 aliphatic rings. The Morgan fingerprint density at radius 1 is 1.24 bits per heavy atom. The number of hydrogen-bond acceptors (Lipinski definition) is 6. The monoisotopic (exact) mass is 515 g/mol. The third-order valence-corrected chi connectivity index (χ3v) is 7.57. The molecule has 2 aliphatic heterocycles. The molecule has 2 fully saturated rings. The van der Waals surface area contributed by atoms with Crippen molar-refractivity contribution in [2.75, 3.05) is 26.3 Å². The van der Waals surface area contributed by atoms with Crippen molar-refractivity contribution in [2.24, 2.45) is 0 Å². The lowest BCUT2D eigenvalue weighted by atomic mass is 10.1. The van der Waals surface area contributed by atoms with E-state index in [4.69, 9.17) is 9.47 Å². The largest absolute Gasteiger partial charge is 0.418 e. The Bertz CT molecular complexity index is 1290. The number of H-pyrrole nitrogens is 1. The molecule has 2 N–H and O–H groups in total. The van der Waals surface area contributed by atoms with Gasteiger partial charge in [0.05, 0.1) is 42.4 Å². The highest BCUT2D eigenvalue weighted by atomic mass is 19.4. The van der Waals surface area contributed by atoms with E-state index in [1.54, 1.807) is 6.20 Å². The number of nitrogens with one attached hydrogen (secondary N) is 2. The molecule has 2 aromatic heterocycles. The van der Waals surface area contributed by atoms with Crippen LogP contribution in [-0.2, 0) is 33.3 Å². The van der Waals surface area contributed by atoms with Gasteiger partial charge in [0, 0.05) is 43.7 Å². The number of likely N-dealkylation sites (tertiary alicyclic amines) is 1. The van der Waals surface area contributed by atoms with Crippen LogP contribution in [0.3, 0.4) is 0 Å². The van der Waals surface area contributed by atoms with Crippen molar-refractivity contribution in [3.63, 3.8) is 0 Å². The number of para-hydroxylation sites is 1. The van der Waals surface area contributed by atoms with E-state index in [0.29, 0.717) is 19.7 Å². The predicted octanol–water partition coefficient (Wildman–Crippen LogP) is 3.18. The van der Waals surface area contributed by atoms with Crippen LogP contribution in [0.15, 0.2) is 36.7 Å². The molecule has 0 radical (unpaired) electrons. The second-order valence-corrected chi connectivity index (χ2v) is 9.98. The molecule has 6 rings (SSSR count). The number of carbonyl (C=O) groups excluding carboxylic acids is 1. The van der Waals surface area contributed by atoms with E-state index in [1.165, 1.54) is 17.7 Å². The van der Waals surface area contributed by atoms with Gasteiger partial charge in [-0.2, -0.15) is 13.2 Å². The molecule has 0 spiro atoms. The smallest absolute Gasteiger partial charge is 0.380 e. The lowest BCUT2D eigenvalue weighted by Crippen LogP contribution is -2.45. The summed E-state index contributed by atoms with van der Waals surface area (Å²) < 4.78 is 52.2. The molecule has 0 saturated carbocycles. The van der Waals surface area contributed by atoms with Crippen LogP contribution in [0.25, 0.3) is 11.0 Å². The summed E-state index contributed by atoms with van der Waals surface area (Å²) >= 11 is 0. The number of halogens is 3. The van der Waals surface area contributed by atoms with Crippen LogP contribution >= 0.6 is 0 Å². The minimum absolute atomic E-state index is 0.0796. The molecule has 4 atom stereocenters. The lowest BCUT2D eigenvalue weighted by molar-refractivity contribution is -0.136. The fourth-order valence-electron chi connectivity index (χ4n) is 5.74. The number of carbonyl (C=O) groups is 1. The van der Waals surface area contributed by atoms with Gasteiger partial charge in [-0.25, -0.2) is 4.98 Å². The normalized spacial score (nSPS) is 26.1. The van der Waals surface area contributed by atoms with Crippen LogP contribution in [0, 0.1) is 0 Å². The quantitative estimate of drug-likeness (QED) is 0.524. The van der Waals surface area contributed by atoms with Crippen molar-refractivity contribution in [2.45, 2.75) is 56.2 Å². The number of rotatable bonds is 6. The summed E-state index contributed by atoms with van der Waals surface area (Å²) in [6, 6.07) is 5.88. The summed E-state index contributed by atoms with van der Waals surface area (Å²) in [5.41, 5.74) is 1.58. The van der Waals surface area contributed by atoms with Crippen molar-refractivity contribution >= 4 is 16.9 Å². The number of alkyl halides is 3. The molecule has 4 unspecified atom stereocenters. The van der Waals surface area contributed by atoms with Gasteiger partial charge in [0.15, 0.2) is 0 Å². The topological polar surface area (TPSA) is 92.4 Å². The van der Waals surface area contributed by atoms with Crippen molar-refractivity contribution in [1.82, 2.24) is 25.2 Å². The van der Waals surface area contributed by atoms with E-state index in [1.807, 2.05) is 12.3 Å². The Kier molecular flexibility index (Phi) is 6.37. The number of ether oxygens (including phenoxy) is 2. The molecular formula is C26H28F3N5O3. The molecule has 2 saturated heterocycles. The van der Waals surface area contributed by atoms with Gasteiger partial charge in [-0.15, -0.1) is 0 Å². The fraction of sp³-hybridized carbons (Fsp3) is 0.500. The molecule has 1 aromatic carbocycles. The van der Waals surface area contributed by atoms with Crippen LogP contribution in [0.1, 0.15) is 41.5 Å². The van der Waals surface area contributed by atoms with E-state index in [2.05, 4.69) is 25.2 Å². The molecule has 1 aliphatic carbocycles. The summed E-state index contributed by atoms with van der Waals surface area (Å²) in [6.45, 7) is 2.67. The van der Waals surface area contributed by atoms with Gasteiger partial charge in [-0.05, 0) is 43.0 Å². The van der Waals surface area contributed by atoms with Crippen LogP contribution in [0.2, 0.25) is 0 Å². The highest BCUT2D eigenvalue weighted by Gasteiger charge is 2.41. The molecule has 3 aromatic rings.